The minimum atomic E-state index is 0.199. The number of hydrogen-bond acceptors (Lipinski definition) is 2. The highest BCUT2D eigenvalue weighted by molar-refractivity contribution is 5.25. The first-order valence-corrected chi connectivity index (χ1v) is 8.61. The number of hydrogen-bond donors (Lipinski definition) is 1. The molecule has 0 spiro atoms. The topological polar surface area (TPSA) is 15.3 Å². The van der Waals surface area contributed by atoms with Gasteiger partial charge in [0.05, 0.1) is 0 Å². The summed E-state index contributed by atoms with van der Waals surface area (Å²) in [5.41, 5.74) is 1.66. The van der Waals surface area contributed by atoms with Crippen molar-refractivity contribution in [2.75, 3.05) is 26.7 Å². The molecule has 1 aliphatic carbocycles. The predicted octanol–water partition coefficient (Wildman–Crippen LogP) is 3.82. The predicted molar refractivity (Wildman–Crippen MR) is 91.8 cm³/mol. The van der Waals surface area contributed by atoms with Crippen LogP contribution in [0, 0.1) is 0 Å². The molecule has 2 rings (SSSR count). The van der Waals surface area contributed by atoms with Crippen LogP contribution in [0.4, 0.5) is 0 Å². The van der Waals surface area contributed by atoms with Gasteiger partial charge in [0.25, 0.3) is 0 Å². The molecular formula is C19H32N2. The lowest BCUT2D eigenvalue weighted by Gasteiger charge is -2.35. The van der Waals surface area contributed by atoms with Gasteiger partial charge in [0.15, 0.2) is 0 Å². The van der Waals surface area contributed by atoms with E-state index in [2.05, 4.69) is 61.4 Å². The van der Waals surface area contributed by atoms with E-state index in [1.54, 1.807) is 0 Å². The summed E-state index contributed by atoms with van der Waals surface area (Å²) in [6.07, 6.45) is 6.67. The lowest BCUT2D eigenvalue weighted by Crippen LogP contribution is -2.45. The highest BCUT2D eigenvalue weighted by Crippen LogP contribution is 2.27. The zero-order valence-corrected chi connectivity index (χ0v) is 14.1. The summed E-state index contributed by atoms with van der Waals surface area (Å²) in [6.45, 7) is 8.10. The molecule has 1 fully saturated rings. The molecule has 1 unspecified atom stereocenters. The van der Waals surface area contributed by atoms with Gasteiger partial charge >= 0.3 is 0 Å². The standard InChI is InChI=1S/C19H32N2/c1-4-5-9-14-21(3)16-19(2,15-20-18-12-13-18)17-10-7-6-8-11-17/h6-8,10-11,18,20H,4-5,9,12-16H2,1-3H3. The molecule has 0 amide bonds. The van der Waals surface area contributed by atoms with Crippen LogP contribution in [0.2, 0.25) is 0 Å². The van der Waals surface area contributed by atoms with E-state index in [0.717, 1.165) is 19.1 Å². The molecule has 1 saturated carbocycles. The summed E-state index contributed by atoms with van der Waals surface area (Å²) in [4.78, 5) is 2.51. The first kappa shape index (κ1) is 16.5. The average molecular weight is 288 g/mol. The van der Waals surface area contributed by atoms with Crippen molar-refractivity contribution < 1.29 is 0 Å². The van der Waals surface area contributed by atoms with Gasteiger partial charge in [-0.25, -0.2) is 0 Å². The van der Waals surface area contributed by atoms with E-state index in [-0.39, 0.29) is 5.41 Å². The molecule has 1 aliphatic rings. The van der Waals surface area contributed by atoms with Gasteiger partial charge in [0.2, 0.25) is 0 Å². The Morgan fingerprint density at radius 1 is 1.19 bits per heavy atom. The summed E-state index contributed by atoms with van der Waals surface area (Å²) in [5.74, 6) is 0. The molecule has 2 nitrogen and oxygen atoms in total. The molecule has 1 atom stereocenters. The number of unbranched alkanes of at least 4 members (excludes halogenated alkanes) is 2. The van der Waals surface area contributed by atoms with E-state index in [9.17, 15) is 0 Å². The maximum Gasteiger partial charge on any atom is 0.0177 e. The second-order valence-corrected chi connectivity index (χ2v) is 7.03. The van der Waals surface area contributed by atoms with Crippen LogP contribution in [-0.2, 0) is 5.41 Å². The van der Waals surface area contributed by atoms with Gasteiger partial charge in [0.1, 0.15) is 0 Å². The summed E-state index contributed by atoms with van der Waals surface area (Å²) in [6, 6.07) is 11.8. The summed E-state index contributed by atoms with van der Waals surface area (Å²) < 4.78 is 0. The van der Waals surface area contributed by atoms with E-state index in [1.165, 1.54) is 44.2 Å². The largest absolute Gasteiger partial charge is 0.313 e. The van der Waals surface area contributed by atoms with Crippen molar-refractivity contribution in [2.45, 2.75) is 57.4 Å². The summed E-state index contributed by atoms with van der Waals surface area (Å²) in [7, 11) is 2.27. The molecule has 0 aromatic heterocycles. The van der Waals surface area contributed by atoms with Crippen molar-refractivity contribution in [3.05, 3.63) is 35.9 Å². The first-order valence-electron chi connectivity index (χ1n) is 8.61. The van der Waals surface area contributed by atoms with Gasteiger partial charge < -0.3 is 10.2 Å². The van der Waals surface area contributed by atoms with E-state index < -0.39 is 0 Å². The normalized spacial score (nSPS) is 17.9. The minimum Gasteiger partial charge on any atom is -0.313 e. The molecule has 0 heterocycles. The van der Waals surface area contributed by atoms with Gasteiger partial charge in [-0.05, 0) is 38.4 Å². The monoisotopic (exact) mass is 288 g/mol. The highest BCUT2D eigenvalue weighted by Gasteiger charge is 2.31. The number of likely N-dealkylation sites (N-methyl/N-ethyl adjacent to an activating group) is 1. The Morgan fingerprint density at radius 3 is 2.52 bits per heavy atom. The van der Waals surface area contributed by atoms with Gasteiger partial charge in [-0.3, -0.25) is 0 Å². The molecule has 118 valence electrons. The van der Waals surface area contributed by atoms with Crippen LogP contribution < -0.4 is 5.32 Å². The van der Waals surface area contributed by atoms with E-state index in [4.69, 9.17) is 0 Å². The van der Waals surface area contributed by atoms with Crippen LogP contribution in [0.15, 0.2) is 30.3 Å². The highest BCUT2D eigenvalue weighted by atomic mass is 15.1. The Kier molecular flexibility index (Phi) is 6.25. The maximum atomic E-state index is 3.74. The number of nitrogens with one attached hydrogen (secondary N) is 1. The second kappa shape index (κ2) is 7.95. The Bertz CT molecular complexity index is 399. The van der Waals surface area contributed by atoms with Crippen molar-refractivity contribution >= 4 is 0 Å². The SMILES string of the molecule is CCCCCN(C)CC(C)(CNC1CC1)c1ccccc1. The fourth-order valence-corrected chi connectivity index (χ4v) is 3.05. The van der Waals surface area contributed by atoms with Crippen molar-refractivity contribution in [2.24, 2.45) is 0 Å². The van der Waals surface area contributed by atoms with Gasteiger partial charge in [-0.1, -0.05) is 57.0 Å². The quantitative estimate of drug-likeness (QED) is 0.658. The molecular weight excluding hydrogens is 256 g/mol. The fraction of sp³-hybridized carbons (Fsp3) is 0.684. The molecule has 1 N–H and O–H groups in total. The van der Waals surface area contributed by atoms with Crippen molar-refractivity contribution in [1.29, 1.82) is 0 Å². The number of benzene rings is 1. The lowest BCUT2D eigenvalue weighted by atomic mass is 9.81. The van der Waals surface area contributed by atoms with Gasteiger partial charge in [0, 0.05) is 24.5 Å². The average Bonchev–Trinajstić information content (AvgIpc) is 3.31. The molecule has 21 heavy (non-hydrogen) atoms. The minimum absolute atomic E-state index is 0.199. The van der Waals surface area contributed by atoms with Crippen molar-refractivity contribution in [3.8, 4) is 0 Å². The molecule has 1 aromatic rings. The third kappa shape index (κ3) is 5.44. The Hall–Kier alpha value is -0.860. The molecule has 0 bridgehead atoms. The van der Waals surface area contributed by atoms with E-state index in [0.29, 0.717) is 0 Å². The molecule has 0 aliphatic heterocycles. The molecule has 1 aromatic carbocycles. The first-order chi connectivity index (χ1) is 10.1. The fourth-order valence-electron chi connectivity index (χ4n) is 3.05. The molecule has 2 heteroatoms. The van der Waals surface area contributed by atoms with Crippen LogP contribution in [-0.4, -0.2) is 37.6 Å². The van der Waals surface area contributed by atoms with Crippen LogP contribution >= 0.6 is 0 Å². The maximum absolute atomic E-state index is 3.74. The third-order valence-corrected chi connectivity index (χ3v) is 4.59. The van der Waals surface area contributed by atoms with E-state index >= 15 is 0 Å². The zero-order valence-electron chi connectivity index (χ0n) is 14.1. The summed E-state index contributed by atoms with van der Waals surface area (Å²) in [5, 5.41) is 3.74. The van der Waals surface area contributed by atoms with E-state index in [1.807, 2.05) is 0 Å². The zero-order chi connectivity index (χ0) is 15.1. The molecule has 0 radical (unpaired) electrons. The van der Waals surface area contributed by atoms with Crippen LogP contribution in [0.1, 0.15) is 51.5 Å². The lowest BCUT2D eigenvalue weighted by molar-refractivity contribution is 0.245. The number of rotatable bonds is 10. The number of nitrogens with zero attached hydrogens (tertiary/aromatic N) is 1. The van der Waals surface area contributed by atoms with Gasteiger partial charge in [-0.15, -0.1) is 0 Å². The second-order valence-electron chi connectivity index (χ2n) is 7.03. The Balaban J connectivity index is 1.96. The van der Waals surface area contributed by atoms with Crippen LogP contribution in [0.5, 0.6) is 0 Å². The molecule has 0 saturated heterocycles. The van der Waals surface area contributed by atoms with Crippen LogP contribution in [0.3, 0.4) is 0 Å². The smallest absolute Gasteiger partial charge is 0.0177 e. The Morgan fingerprint density at radius 2 is 1.90 bits per heavy atom. The Labute approximate surface area is 130 Å². The van der Waals surface area contributed by atoms with Crippen molar-refractivity contribution in [3.63, 3.8) is 0 Å². The van der Waals surface area contributed by atoms with Gasteiger partial charge in [-0.2, -0.15) is 0 Å². The van der Waals surface area contributed by atoms with Crippen molar-refractivity contribution in [1.82, 2.24) is 10.2 Å². The van der Waals surface area contributed by atoms with Crippen LogP contribution in [0.25, 0.3) is 0 Å². The summed E-state index contributed by atoms with van der Waals surface area (Å²) >= 11 is 0. The third-order valence-electron chi connectivity index (χ3n) is 4.59.